The molecule has 3 rings (SSSR count). The van der Waals surface area contributed by atoms with E-state index in [0.29, 0.717) is 32.3 Å². The highest BCUT2D eigenvalue weighted by atomic mass is 35.5. The van der Waals surface area contributed by atoms with Gasteiger partial charge in [-0.05, 0) is 32.0 Å². The molecule has 0 aliphatic heterocycles. The molecule has 23 heavy (non-hydrogen) atoms. The monoisotopic (exact) mass is 369 g/mol. The third-order valence-electron chi connectivity index (χ3n) is 3.36. The fraction of sp³-hybridized carbons (Fsp3) is 0.214. The summed E-state index contributed by atoms with van der Waals surface area (Å²) in [6.45, 7) is 3.78. The number of hydrogen-bond acceptors (Lipinski definition) is 6. The van der Waals surface area contributed by atoms with Gasteiger partial charge in [0.15, 0.2) is 5.82 Å². The zero-order valence-electron chi connectivity index (χ0n) is 12.4. The Morgan fingerprint density at radius 2 is 2.04 bits per heavy atom. The van der Waals surface area contributed by atoms with E-state index in [9.17, 15) is 0 Å². The van der Waals surface area contributed by atoms with Crippen molar-refractivity contribution < 1.29 is 4.52 Å². The fourth-order valence-electron chi connectivity index (χ4n) is 2.07. The van der Waals surface area contributed by atoms with Crippen LogP contribution in [0.5, 0.6) is 0 Å². The second-order valence-corrected chi connectivity index (χ2v) is 6.68. The zero-order valence-corrected chi connectivity index (χ0v) is 14.7. The first kappa shape index (κ1) is 16.2. The lowest BCUT2D eigenvalue weighted by molar-refractivity contribution is 0.392. The molecule has 2 aromatic heterocycles. The van der Waals surface area contributed by atoms with Gasteiger partial charge in [0.1, 0.15) is 5.76 Å². The molecular weight excluding hydrogens is 357 g/mol. The van der Waals surface area contributed by atoms with E-state index in [1.54, 1.807) is 18.2 Å². The molecule has 0 saturated carbocycles. The highest BCUT2D eigenvalue weighted by molar-refractivity contribution is 7.98. The number of benzene rings is 1. The van der Waals surface area contributed by atoms with Gasteiger partial charge in [-0.1, -0.05) is 40.1 Å². The Morgan fingerprint density at radius 3 is 2.70 bits per heavy atom. The summed E-state index contributed by atoms with van der Waals surface area (Å²) in [6.07, 6.45) is 0. The largest absolute Gasteiger partial charge is 0.361 e. The molecule has 0 spiro atoms. The van der Waals surface area contributed by atoms with E-state index in [-0.39, 0.29) is 0 Å². The molecule has 0 atom stereocenters. The maximum atomic E-state index is 6.20. The van der Waals surface area contributed by atoms with Crippen LogP contribution in [0.15, 0.2) is 27.9 Å². The van der Waals surface area contributed by atoms with Crippen LogP contribution in [0, 0.1) is 13.8 Å². The van der Waals surface area contributed by atoms with Gasteiger partial charge < -0.3 is 10.4 Å². The van der Waals surface area contributed by atoms with Gasteiger partial charge in [-0.15, -0.1) is 10.2 Å². The average Bonchev–Trinajstić information content (AvgIpc) is 3.01. The smallest absolute Gasteiger partial charge is 0.210 e. The summed E-state index contributed by atoms with van der Waals surface area (Å²) in [7, 11) is 0. The SMILES string of the molecule is Cc1noc(C)c1CSc1nnc(-c2ccc(Cl)cc2Cl)n1N. The van der Waals surface area contributed by atoms with Crippen molar-refractivity contribution in [2.24, 2.45) is 0 Å². The lowest BCUT2D eigenvalue weighted by Crippen LogP contribution is -2.11. The Hall–Kier alpha value is -1.70. The maximum absolute atomic E-state index is 6.20. The van der Waals surface area contributed by atoms with Crippen LogP contribution in [0.4, 0.5) is 0 Å². The molecule has 0 aliphatic rings. The van der Waals surface area contributed by atoms with E-state index < -0.39 is 0 Å². The number of nitrogens with zero attached hydrogens (tertiary/aromatic N) is 4. The summed E-state index contributed by atoms with van der Waals surface area (Å²) >= 11 is 13.6. The number of thioether (sulfide) groups is 1. The van der Waals surface area contributed by atoms with E-state index in [1.807, 2.05) is 13.8 Å². The zero-order chi connectivity index (χ0) is 16.6. The third-order valence-corrected chi connectivity index (χ3v) is 4.88. The standard InChI is InChI=1S/C14H13Cl2N5OS/c1-7-11(8(2)22-20-7)6-23-14-19-18-13(21(14)17)10-4-3-9(15)5-12(10)16/h3-5H,6,17H2,1-2H3. The maximum Gasteiger partial charge on any atom is 0.210 e. The average molecular weight is 370 g/mol. The predicted octanol–water partition coefficient (Wildman–Crippen LogP) is 3.86. The van der Waals surface area contributed by atoms with Crippen LogP contribution in [-0.2, 0) is 5.75 Å². The molecule has 6 nitrogen and oxygen atoms in total. The van der Waals surface area contributed by atoms with Crippen molar-refractivity contribution in [1.29, 1.82) is 0 Å². The van der Waals surface area contributed by atoms with Gasteiger partial charge >= 0.3 is 0 Å². The predicted molar refractivity (Wildman–Crippen MR) is 91.2 cm³/mol. The van der Waals surface area contributed by atoms with E-state index in [4.69, 9.17) is 33.6 Å². The number of aryl methyl sites for hydroxylation is 2. The lowest BCUT2D eigenvalue weighted by Gasteiger charge is -2.05. The minimum atomic E-state index is 0.471. The number of rotatable bonds is 4. The van der Waals surface area contributed by atoms with Crippen molar-refractivity contribution in [2.75, 3.05) is 5.84 Å². The molecule has 9 heteroatoms. The van der Waals surface area contributed by atoms with E-state index in [1.165, 1.54) is 16.4 Å². The molecule has 0 unspecified atom stereocenters. The van der Waals surface area contributed by atoms with E-state index >= 15 is 0 Å². The molecule has 0 radical (unpaired) electrons. The Labute approximate surface area is 146 Å². The second-order valence-electron chi connectivity index (χ2n) is 4.89. The van der Waals surface area contributed by atoms with Gasteiger partial charge in [-0.25, -0.2) is 4.68 Å². The van der Waals surface area contributed by atoms with Gasteiger partial charge in [-0.2, -0.15) is 0 Å². The molecule has 0 saturated heterocycles. The Kier molecular flexibility index (Phi) is 4.52. The van der Waals surface area contributed by atoms with Crippen molar-refractivity contribution in [2.45, 2.75) is 24.8 Å². The third kappa shape index (κ3) is 3.17. The van der Waals surface area contributed by atoms with Gasteiger partial charge in [0.25, 0.3) is 0 Å². The van der Waals surface area contributed by atoms with Gasteiger partial charge in [-0.3, -0.25) is 0 Å². The minimum absolute atomic E-state index is 0.471. The van der Waals surface area contributed by atoms with Crippen LogP contribution in [0.2, 0.25) is 10.0 Å². The van der Waals surface area contributed by atoms with Crippen LogP contribution in [0.25, 0.3) is 11.4 Å². The molecule has 1 aromatic carbocycles. The fourth-order valence-corrected chi connectivity index (χ4v) is 3.58. The topological polar surface area (TPSA) is 82.8 Å². The molecule has 2 N–H and O–H groups in total. The molecule has 0 fully saturated rings. The number of nitrogens with two attached hydrogens (primary N) is 1. The van der Waals surface area contributed by atoms with E-state index in [2.05, 4.69) is 15.4 Å². The van der Waals surface area contributed by atoms with E-state index in [0.717, 1.165) is 17.0 Å². The van der Waals surface area contributed by atoms with Gasteiger partial charge in [0, 0.05) is 21.9 Å². The van der Waals surface area contributed by atoms with Crippen LogP contribution in [0.1, 0.15) is 17.0 Å². The summed E-state index contributed by atoms with van der Waals surface area (Å²) in [6, 6.07) is 5.14. The number of nitrogen functional groups attached to an aromatic ring is 1. The molecule has 0 amide bonds. The molecule has 0 bridgehead atoms. The van der Waals surface area contributed by atoms with Gasteiger partial charge in [0.2, 0.25) is 5.16 Å². The van der Waals surface area contributed by atoms with Crippen molar-refractivity contribution >= 4 is 35.0 Å². The molecule has 2 heterocycles. The highest BCUT2D eigenvalue weighted by Crippen LogP contribution is 2.31. The molecule has 0 aliphatic carbocycles. The number of halogens is 2. The lowest BCUT2D eigenvalue weighted by atomic mass is 10.2. The van der Waals surface area contributed by atoms with Crippen molar-refractivity contribution in [3.8, 4) is 11.4 Å². The molecule has 120 valence electrons. The van der Waals surface area contributed by atoms with Crippen LogP contribution >= 0.6 is 35.0 Å². The Balaban J connectivity index is 1.85. The summed E-state index contributed by atoms with van der Waals surface area (Å²) in [5.74, 6) is 8.01. The van der Waals surface area contributed by atoms with Gasteiger partial charge in [0.05, 0.1) is 10.7 Å². The van der Waals surface area contributed by atoms with Crippen molar-refractivity contribution in [3.63, 3.8) is 0 Å². The first-order chi connectivity index (χ1) is 11.0. The Morgan fingerprint density at radius 1 is 1.26 bits per heavy atom. The van der Waals surface area contributed by atoms with Crippen molar-refractivity contribution in [1.82, 2.24) is 20.0 Å². The minimum Gasteiger partial charge on any atom is -0.361 e. The Bertz CT molecular complexity index is 841. The summed E-state index contributed by atoms with van der Waals surface area (Å²) in [5, 5.41) is 13.8. The highest BCUT2D eigenvalue weighted by Gasteiger charge is 2.17. The molecular formula is C14H13Cl2N5OS. The van der Waals surface area contributed by atoms with Crippen molar-refractivity contribution in [3.05, 3.63) is 45.3 Å². The first-order valence-electron chi connectivity index (χ1n) is 6.68. The summed E-state index contributed by atoms with van der Waals surface area (Å²) in [5.41, 5.74) is 2.57. The normalized spacial score (nSPS) is 11.1. The first-order valence-corrected chi connectivity index (χ1v) is 8.42. The number of aromatic nitrogens is 4. The second kappa shape index (κ2) is 6.43. The summed E-state index contributed by atoms with van der Waals surface area (Å²) in [4.78, 5) is 0. The van der Waals surface area contributed by atoms with Crippen LogP contribution < -0.4 is 5.84 Å². The van der Waals surface area contributed by atoms with Crippen LogP contribution in [0.3, 0.4) is 0 Å². The van der Waals surface area contributed by atoms with Crippen LogP contribution in [-0.4, -0.2) is 20.0 Å². The number of hydrogen-bond donors (Lipinski definition) is 1. The molecule has 3 aromatic rings. The summed E-state index contributed by atoms with van der Waals surface area (Å²) < 4.78 is 6.56. The quantitative estimate of drug-likeness (QED) is 0.555.